The van der Waals surface area contributed by atoms with E-state index < -0.39 is 10.8 Å². The van der Waals surface area contributed by atoms with Gasteiger partial charge >= 0.3 is 5.97 Å². The van der Waals surface area contributed by atoms with Gasteiger partial charge in [-0.25, -0.2) is 4.79 Å². The van der Waals surface area contributed by atoms with Gasteiger partial charge < -0.3 is 4.74 Å². The summed E-state index contributed by atoms with van der Waals surface area (Å²) in [5.74, 6) is -0.457. The zero-order valence-corrected chi connectivity index (χ0v) is 15.3. The molecule has 25 heavy (non-hydrogen) atoms. The molecule has 0 spiro atoms. The Labute approximate surface area is 147 Å². The number of esters is 1. The minimum absolute atomic E-state index is 0.0297. The number of aromatic nitrogens is 2. The van der Waals surface area contributed by atoms with Gasteiger partial charge in [0.25, 0.3) is 0 Å². The van der Waals surface area contributed by atoms with Crippen LogP contribution in [0.2, 0.25) is 0 Å². The second-order valence-corrected chi connectivity index (χ2v) is 7.61. The van der Waals surface area contributed by atoms with Gasteiger partial charge in [0.15, 0.2) is 5.78 Å². The molecule has 6 heteroatoms. The van der Waals surface area contributed by atoms with Gasteiger partial charge in [-0.15, -0.1) is 0 Å². The average molecular weight is 341 g/mol. The first-order valence-electron chi connectivity index (χ1n) is 8.59. The SMILES string of the molecule is CCOC(=O)c1c2c(nn1C)[C@@]1(C)C=C(C#N)C(=O)C(C)(C)C1CC2. The molecular formula is C19H23N3O3. The van der Waals surface area contributed by atoms with Crippen molar-refractivity contribution in [2.45, 2.75) is 46.0 Å². The molecule has 1 unspecified atom stereocenters. The number of allylic oxidation sites excluding steroid dienone is 2. The summed E-state index contributed by atoms with van der Waals surface area (Å²) in [5.41, 5.74) is 1.10. The lowest BCUT2D eigenvalue weighted by molar-refractivity contribution is -0.128. The van der Waals surface area contributed by atoms with Crippen LogP contribution in [0.5, 0.6) is 0 Å². The van der Waals surface area contributed by atoms with E-state index in [-0.39, 0.29) is 23.2 Å². The number of rotatable bonds is 2. The first-order valence-corrected chi connectivity index (χ1v) is 8.59. The van der Waals surface area contributed by atoms with Crippen LogP contribution in [0.25, 0.3) is 0 Å². The summed E-state index contributed by atoms with van der Waals surface area (Å²) in [5, 5.41) is 14.0. The molecule has 1 aromatic rings. The molecule has 0 saturated heterocycles. The van der Waals surface area contributed by atoms with Crippen molar-refractivity contribution in [1.29, 1.82) is 5.26 Å². The highest BCUT2D eigenvalue weighted by atomic mass is 16.5. The van der Waals surface area contributed by atoms with Crippen molar-refractivity contribution in [3.05, 3.63) is 28.6 Å². The number of carbonyl (C=O) groups is 2. The minimum atomic E-state index is -0.645. The summed E-state index contributed by atoms with van der Waals surface area (Å²) >= 11 is 0. The number of aryl methyl sites for hydroxylation is 1. The molecule has 1 aromatic heterocycles. The maximum Gasteiger partial charge on any atom is 0.356 e. The highest BCUT2D eigenvalue weighted by Crippen LogP contribution is 2.54. The number of ketones is 1. The maximum absolute atomic E-state index is 12.7. The molecule has 0 amide bonds. The Balaban J connectivity index is 2.23. The number of carbonyl (C=O) groups excluding carboxylic acids is 2. The van der Waals surface area contributed by atoms with Crippen molar-refractivity contribution in [2.75, 3.05) is 6.61 Å². The number of nitriles is 1. The van der Waals surface area contributed by atoms with E-state index in [9.17, 15) is 14.9 Å². The lowest BCUT2D eigenvalue weighted by atomic mass is 9.52. The third-order valence-corrected chi connectivity index (χ3v) is 5.80. The lowest BCUT2D eigenvalue weighted by Crippen LogP contribution is -2.51. The fourth-order valence-electron chi connectivity index (χ4n) is 4.68. The van der Waals surface area contributed by atoms with Crippen molar-refractivity contribution >= 4 is 11.8 Å². The second kappa shape index (κ2) is 5.55. The fraction of sp³-hybridized carbons (Fsp3) is 0.579. The van der Waals surface area contributed by atoms with Crippen LogP contribution in [0.1, 0.15) is 55.9 Å². The number of hydrogen-bond donors (Lipinski definition) is 0. The van der Waals surface area contributed by atoms with Crippen molar-refractivity contribution in [3.63, 3.8) is 0 Å². The maximum atomic E-state index is 12.7. The van der Waals surface area contributed by atoms with E-state index in [0.717, 1.165) is 17.7 Å². The summed E-state index contributed by atoms with van der Waals surface area (Å²) in [4.78, 5) is 25.0. The summed E-state index contributed by atoms with van der Waals surface area (Å²) in [6.45, 7) is 7.91. The molecule has 0 aromatic carbocycles. The molecule has 132 valence electrons. The van der Waals surface area contributed by atoms with Gasteiger partial charge in [-0.2, -0.15) is 10.4 Å². The minimum Gasteiger partial charge on any atom is -0.461 e. The summed E-state index contributed by atoms with van der Waals surface area (Å²) < 4.78 is 6.75. The van der Waals surface area contributed by atoms with E-state index in [1.165, 1.54) is 0 Å². The molecule has 6 nitrogen and oxygen atoms in total. The fourth-order valence-corrected chi connectivity index (χ4v) is 4.68. The third-order valence-electron chi connectivity index (χ3n) is 5.80. The zero-order chi connectivity index (χ0) is 18.6. The number of fused-ring (bicyclic) bond motifs is 3. The number of Topliss-reactive ketones (excluding diaryl/α,β-unsaturated/α-hetero) is 1. The summed E-state index contributed by atoms with van der Waals surface area (Å²) in [6.07, 6.45) is 3.19. The van der Waals surface area contributed by atoms with E-state index in [1.54, 1.807) is 24.7 Å². The normalized spacial score (nSPS) is 27.0. The van der Waals surface area contributed by atoms with Gasteiger partial charge in [-0.05, 0) is 25.7 Å². The molecule has 0 fully saturated rings. The smallest absolute Gasteiger partial charge is 0.356 e. The van der Waals surface area contributed by atoms with Gasteiger partial charge in [0, 0.05) is 23.4 Å². The largest absolute Gasteiger partial charge is 0.461 e. The molecular weight excluding hydrogens is 318 g/mol. The summed E-state index contributed by atoms with van der Waals surface area (Å²) in [7, 11) is 1.73. The monoisotopic (exact) mass is 341 g/mol. The first kappa shape index (κ1) is 17.4. The average Bonchev–Trinajstić information content (AvgIpc) is 2.89. The molecule has 2 aliphatic rings. The van der Waals surface area contributed by atoms with E-state index in [1.807, 2.05) is 26.8 Å². The molecule has 1 heterocycles. The topological polar surface area (TPSA) is 85.0 Å². The van der Waals surface area contributed by atoms with Crippen LogP contribution in [0.3, 0.4) is 0 Å². The highest BCUT2D eigenvalue weighted by Gasteiger charge is 2.55. The number of ether oxygens (including phenoxy) is 1. The molecule has 2 atom stereocenters. The van der Waals surface area contributed by atoms with Crippen LogP contribution in [0, 0.1) is 22.7 Å². The lowest BCUT2D eigenvalue weighted by Gasteiger charge is -2.49. The van der Waals surface area contributed by atoms with Crippen LogP contribution in [-0.4, -0.2) is 28.1 Å². The van der Waals surface area contributed by atoms with Crippen LogP contribution >= 0.6 is 0 Å². The van der Waals surface area contributed by atoms with Gasteiger partial charge in [-0.1, -0.05) is 26.8 Å². The Kier molecular flexibility index (Phi) is 3.86. The molecule has 0 aliphatic heterocycles. The standard InChI is InChI=1S/C19H23N3O3/c1-6-25-17(24)14-12-7-8-13-18(2,3)16(23)11(10-20)9-19(13,4)15(12)21-22(14)5/h9,13H,6-8H2,1-5H3/t13?,19-/m0/s1. The molecule has 0 saturated carbocycles. The zero-order valence-electron chi connectivity index (χ0n) is 15.3. The molecule has 0 bridgehead atoms. The van der Waals surface area contributed by atoms with Crippen molar-refractivity contribution < 1.29 is 14.3 Å². The van der Waals surface area contributed by atoms with Gasteiger partial charge in [-0.3, -0.25) is 9.48 Å². The Bertz CT molecular complexity index is 841. The Morgan fingerprint density at radius 2 is 2.16 bits per heavy atom. The van der Waals surface area contributed by atoms with Gasteiger partial charge in [0.05, 0.1) is 17.9 Å². The molecule has 0 N–H and O–H groups in total. The Morgan fingerprint density at radius 3 is 2.76 bits per heavy atom. The van der Waals surface area contributed by atoms with Crippen LogP contribution in [0.4, 0.5) is 0 Å². The second-order valence-electron chi connectivity index (χ2n) is 7.61. The van der Waals surface area contributed by atoms with Crippen molar-refractivity contribution in [1.82, 2.24) is 9.78 Å². The molecule has 3 rings (SSSR count). The highest BCUT2D eigenvalue weighted by molar-refractivity contribution is 6.04. The summed E-state index contributed by atoms with van der Waals surface area (Å²) in [6, 6.07) is 2.05. The number of nitrogens with zero attached hydrogens (tertiary/aromatic N) is 3. The van der Waals surface area contributed by atoms with Crippen molar-refractivity contribution in [2.24, 2.45) is 18.4 Å². The predicted octanol–water partition coefficient (Wildman–Crippen LogP) is 2.48. The van der Waals surface area contributed by atoms with Crippen LogP contribution in [0.15, 0.2) is 11.6 Å². The van der Waals surface area contributed by atoms with E-state index >= 15 is 0 Å². The quantitative estimate of drug-likeness (QED) is 0.772. The Morgan fingerprint density at radius 1 is 1.48 bits per heavy atom. The van der Waals surface area contributed by atoms with Crippen molar-refractivity contribution in [3.8, 4) is 6.07 Å². The Hall–Kier alpha value is -2.42. The molecule has 2 aliphatic carbocycles. The van der Waals surface area contributed by atoms with Crippen LogP contribution < -0.4 is 0 Å². The molecule has 0 radical (unpaired) electrons. The van der Waals surface area contributed by atoms with Gasteiger partial charge in [0.2, 0.25) is 0 Å². The van der Waals surface area contributed by atoms with Crippen LogP contribution in [-0.2, 0) is 28.4 Å². The third kappa shape index (κ3) is 2.25. The van der Waals surface area contributed by atoms with Gasteiger partial charge in [0.1, 0.15) is 11.8 Å². The van der Waals surface area contributed by atoms with E-state index in [4.69, 9.17) is 4.74 Å². The van der Waals surface area contributed by atoms with E-state index in [0.29, 0.717) is 18.7 Å². The predicted molar refractivity (Wildman–Crippen MR) is 90.8 cm³/mol. The first-order chi connectivity index (χ1) is 11.7. The number of hydrogen-bond acceptors (Lipinski definition) is 5. The van der Waals surface area contributed by atoms with E-state index in [2.05, 4.69) is 5.10 Å².